The molecule has 0 bridgehead atoms. The van der Waals surface area contributed by atoms with Gasteiger partial charge in [0.15, 0.2) is 15.2 Å². The molecule has 0 aliphatic carbocycles. The van der Waals surface area contributed by atoms with Crippen LogP contribution in [0.15, 0.2) is 58.0 Å². The van der Waals surface area contributed by atoms with Crippen LogP contribution in [0.2, 0.25) is 5.02 Å². The van der Waals surface area contributed by atoms with Gasteiger partial charge in [0.05, 0.1) is 15.9 Å². The summed E-state index contributed by atoms with van der Waals surface area (Å²) in [6.07, 6.45) is 0. The second kappa shape index (κ2) is 7.12. The lowest BCUT2D eigenvalue weighted by Gasteiger charge is -2.03. The number of Topliss-reactive ketones (excluding diaryl/α,β-unsaturated/α-hetero) is 1. The van der Waals surface area contributed by atoms with E-state index in [-0.39, 0.29) is 5.78 Å². The van der Waals surface area contributed by atoms with Crippen LogP contribution in [-0.4, -0.2) is 15.8 Å². The van der Waals surface area contributed by atoms with Crippen molar-refractivity contribution in [1.82, 2.24) is 4.98 Å². The Balaban J connectivity index is 1.81. The zero-order valence-electron chi connectivity index (χ0n) is 12.1. The van der Waals surface area contributed by atoms with E-state index in [1.807, 2.05) is 36.4 Å². The highest BCUT2D eigenvalue weighted by molar-refractivity contribution is 8.17. The molecule has 1 heterocycles. The van der Waals surface area contributed by atoms with Crippen molar-refractivity contribution >= 4 is 61.4 Å². The second-order valence-corrected chi connectivity index (χ2v) is 7.35. The molecule has 0 radical (unpaired) electrons. The van der Waals surface area contributed by atoms with Crippen molar-refractivity contribution in [3.05, 3.63) is 53.6 Å². The van der Waals surface area contributed by atoms with Crippen LogP contribution in [0.5, 0.6) is 0 Å². The predicted octanol–water partition coefficient (Wildman–Crippen LogP) is 5.06. The van der Waals surface area contributed by atoms with Gasteiger partial charge in [-0.15, -0.1) is 11.3 Å². The van der Waals surface area contributed by atoms with E-state index >= 15 is 0 Å². The number of hydrazone groups is 1. The molecule has 0 aliphatic heterocycles. The number of anilines is 1. The van der Waals surface area contributed by atoms with E-state index in [1.54, 1.807) is 12.1 Å². The molecular weight excluding hydrogens is 350 g/mol. The number of rotatable bonds is 4. The van der Waals surface area contributed by atoms with Crippen LogP contribution in [0.3, 0.4) is 0 Å². The molecule has 0 saturated carbocycles. The average molecular weight is 362 g/mol. The van der Waals surface area contributed by atoms with Crippen LogP contribution in [0.4, 0.5) is 5.69 Å². The van der Waals surface area contributed by atoms with Gasteiger partial charge >= 0.3 is 0 Å². The summed E-state index contributed by atoms with van der Waals surface area (Å²) in [7, 11) is 0. The summed E-state index contributed by atoms with van der Waals surface area (Å²) < 4.78 is 1.87. The van der Waals surface area contributed by atoms with Crippen molar-refractivity contribution in [3.8, 4) is 0 Å². The number of hydrogen-bond donors (Lipinski definition) is 1. The SMILES string of the molecule is CC(=O)/C(=N/Nc1cccc(Cl)c1)Sc1nc2ccccc2s1. The van der Waals surface area contributed by atoms with Crippen molar-refractivity contribution in [2.75, 3.05) is 5.43 Å². The quantitative estimate of drug-likeness (QED) is 0.305. The zero-order valence-corrected chi connectivity index (χ0v) is 14.5. The first-order valence-corrected chi connectivity index (χ1v) is 8.76. The van der Waals surface area contributed by atoms with E-state index in [2.05, 4.69) is 15.5 Å². The Morgan fingerprint density at radius 3 is 2.83 bits per heavy atom. The molecule has 1 N–H and O–H groups in total. The predicted molar refractivity (Wildman–Crippen MR) is 98.7 cm³/mol. The van der Waals surface area contributed by atoms with Crippen LogP contribution < -0.4 is 5.43 Å². The lowest BCUT2D eigenvalue weighted by molar-refractivity contribution is -0.110. The fraction of sp³-hybridized carbons (Fsp3) is 0.0625. The Morgan fingerprint density at radius 1 is 1.26 bits per heavy atom. The first kappa shape index (κ1) is 16.0. The Labute approximate surface area is 146 Å². The lowest BCUT2D eigenvalue weighted by atomic mass is 10.3. The molecule has 0 aliphatic rings. The van der Waals surface area contributed by atoms with E-state index < -0.39 is 0 Å². The molecule has 0 saturated heterocycles. The number of thiazole rings is 1. The minimum absolute atomic E-state index is 0.121. The van der Waals surface area contributed by atoms with Crippen LogP contribution in [0.1, 0.15) is 6.92 Å². The molecule has 2 aromatic carbocycles. The summed E-state index contributed by atoms with van der Waals surface area (Å²) in [4.78, 5) is 16.3. The molecular formula is C16H12ClN3OS2. The summed E-state index contributed by atoms with van der Waals surface area (Å²) in [5.74, 6) is -0.121. The summed E-state index contributed by atoms with van der Waals surface area (Å²) in [5.41, 5.74) is 4.50. The standard InChI is InChI=1S/C16H12ClN3OS2/c1-10(21)15(20-19-12-6-4-5-11(17)9-12)23-16-18-13-7-2-3-8-14(13)22-16/h2-9,19H,1H3/b20-15-. The molecule has 4 nitrogen and oxygen atoms in total. The zero-order chi connectivity index (χ0) is 16.2. The number of nitrogens with one attached hydrogen (secondary N) is 1. The van der Waals surface area contributed by atoms with Crippen LogP contribution in [-0.2, 0) is 4.79 Å². The van der Waals surface area contributed by atoms with E-state index in [4.69, 9.17) is 11.6 Å². The Bertz CT molecular complexity index is 859. The van der Waals surface area contributed by atoms with Gasteiger partial charge in [0.2, 0.25) is 0 Å². The Hall–Kier alpha value is -1.89. The number of carbonyl (C=O) groups is 1. The van der Waals surface area contributed by atoms with Gasteiger partial charge in [0, 0.05) is 11.9 Å². The number of ketones is 1. The summed E-state index contributed by atoms with van der Waals surface area (Å²) in [6, 6.07) is 15.0. The van der Waals surface area contributed by atoms with Crippen LogP contribution in [0, 0.1) is 0 Å². The fourth-order valence-electron chi connectivity index (χ4n) is 1.82. The second-order valence-electron chi connectivity index (χ2n) is 4.64. The monoisotopic (exact) mass is 361 g/mol. The summed E-state index contributed by atoms with van der Waals surface area (Å²) in [6.45, 7) is 1.48. The van der Waals surface area contributed by atoms with E-state index in [0.717, 1.165) is 20.2 Å². The fourth-order valence-corrected chi connectivity index (χ4v) is 3.93. The van der Waals surface area contributed by atoms with Crippen molar-refractivity contribution in [3.63, 3.8) is 0 Å². The third-order valence-corrected chi connectivity index (χ3v) is 5.27. The molecule has 0 unspecified atom stereocenters. The summed E-state index contributed by atoms with van der Waals surface area (Å²) >= 11 is 8.72. The maximum absolute atomic E-state index is 11.8. The topological polar surface area (TPSA) is 54.4 Å². The molecule has 0 atom stereocenters. The molecule has 7 heteroatoms. The van der Waals surface area contributed by atoms with Crippen molar-refractivity contribution < 1.29 is 4.79 Å². The normalized spacial score (nSPS) is 11.7. The number of nitrogens with zero attached hydrogens (tertiary/aromatic N) is 2. The van der Waals surface area contributed by atoms with Gasteiger partial charge in [-0.25, -0.2) is 4.98 Å². The van der Waals surface area contributed by atoms with Gasteiger partial charge in [0.25, 0.3) is 0 Å². The molecule has 3 rings (SSSR count). The number of para-hydroxylation sites is 1. The van der Waals surface area contributed by atoms with Crippen molar-refractivity contribution in [2.45, 2.75) is 11.3 Å². The molecule has 1 aromatic heterocycles. The number of fused-ring (bicyclic) bond motifs is 1. The highest BCUT2D eigenvalue weighted by Crippen LogP contribution is 2.30. The van der Waals surface area contributed by atoms with Gasteiger partial charge in [-0.1, -0.05) is 29.8 Å². The van der Waals surface area contributed by atoms with Crippen LogP contribution >= 0.6 is 34.7 Å². The molecule has 0 fully saturated rings. The van der Waals surface area contributed by atoms with Crippen molar-refractivity contribution in [1.29, 1.82) is 0 Å². The number of aromatic nitrogens is 1. The van der Waals surface area contributed by atoms with Gasteiger partial charge < -0.3 is 0 Å². The molecule has 0 spiro atoms. The smallest absolute Gasteiger partial charge is 0.186 e. The third kappa shape index (κ3) is 4.10. The number of halogens is 1. The molecule has 116 valence electrons. The molecule has 0 amide bonds. The number of carbonyl (C=O) groups excluding carboxylic acids is 1. The number of hydrogen-bond acceptors (Lipinski definition) is 6. The highest BCUT2D eigenvalue weighted by Gasteiger charge is 2.12. The minimum atomic E-state index is -0.121. The van der Waals surface area contributed by atoms with E-state index in [9.17, 15) is 4.79 Å². The van der Waals surface area contributed by atoms with E-state index in [1.165, 1.54) is 30.0 Å². The van der Waals surface area contributed by atoms with Gasteiger partial charge in [-0.05, 0) is 42.1 Å². The highest BCUT2D eigenvalue weighted by atomic mass is 35.5. The first-order valence-electron chi connectivity index (χ1n) is 6.75. The minimum Gasteiger partial charge on any atom is -0.292 e. The van der Waals surface area contributed by atoms with Gasteiger partial charge in [0.1, 0.15) is 0 Å². The lowest BCUT2D eigenvalue weighted by Crippen LogP contribution is -2.07. The maximum atomic E-state index is 11.8. The first-order chi connectivity index (χ1) is 11.1. The average Bonchev–Trinajstić information content (AvgIpc) is 2.93. The van der Waals surface area contributed by atoms with Crippen LogP contribution in [0.25, 0.3) is 10.2 Å². The van der Waals surface area contributed by atoms with Gasteiger partial charge in [-0.3, -0.25) is 10.2 Å². The van der Waals surface area contributed by atoms with E-state index in [0.29, 0.717) is 10.1 Å². The number of thioether (sulfide) groups is 1. The molecule has 23 heavy (non-hydrogen) atoms. The maximum Gasteiger partial charge on any atom is 0.186 e. The van der Waals surface area contributed by atoms with Gasteiger partial charge in [-0.2, -0.15) is 5.10 Å². The molecule has 3 aromatic rings. The Kier molecular flexibility index (Phi) is 4.95. The largest absolute Gasteiger partial charge is 0.292 e. The summed E-state index contributed by atoms with van der Waals surface area (Å²) in [5, 5.41) is 5.14. The third-order valence-electron chi connectivity index (χ3n) is 2.87. The Morgan fingerprint density at radius 2 is 2.09 bits per heavy atom. The van der Waals surface area contributed by atoms with Crippen molar-refractivity contribution in [2.24, 2.45) is 5.10 Å². The number of benzene rings is 2.